The minimum Gasteiger partial charge on any atom is -0.378 e. The zero-order valence-electron chi connectivity index (χ0n) is 11.4. The molecule has 3 nitrogen and oxygen atoms in total. The van der Waals surface area contributed by atoms with Crippen LogP contribution >= 0.6 is 0 Å². The quantitative estimate of drug-likeness (QED) is 0.726. The third-order valence-electron chi connectivity index (χ3n) is 4.32. The van der Waals surface area contributed by atoms with Crippen molar-refractivity contribution in [1.29, 1.82) is 0 Å². The van der Waals surface area contributed by atoms with E-state index in [1.165, 1.54) is 13.0 Å². The Bertz CT molecular complexity index is 248. The Labute approximate surface area is 99.7 Å². The van der Waals surface area contributed by atoms with Crippen LogP contribution in [-0.2, 0) is 4.74 Å². The maximum absolute atomic E-state index is 5.29. The van der Waals surface area contributed by atoms with Crippen LogP contribution in [-0.4, -0.2) is 60.3 Å². The first-order valence-electron chi connectivity index (χ1n) is 6.48. The lowest BCUT2D eigenvalue weighted by molar-refractivity contribution is -0.0682. The zero-order chi connectivity index (χ0) is 11.9. The highest BCUT2D eigenvalue weighted by molar-refractivity contribution is 4.99. The number of hydrogen-bond donors (Lipinski definition) is 0. The summed E-state index contributed by atoms with van der Waals surface area (Å²) in [6, 6.07) is 2.00. The summed E-state index contributed by atoms with van der Waals surface area (Å²) in [4.78, 5) is 5.17. The van der Waals surface area contributed by atoms with Crippen LogP contribution in [0.2, 0.25) is 0 Å². The summed E-state index contributed by atoms with van der Waals surface area (Å²) in [7, 11) is 2.26. The van der Waals surface area contributed by atoms with Gasteiger partial charge in [0.15, 0.2) is 0 Å². The van der Waals surface area contributed by atoms with Gasteiger partial charge in [-0.05, 0) is 41.2 Å². The highest BCUT2D eigenvalue weighted by atomic mass is 16.5. The molecule has 1 atom stereocenters. The van der Waals surface area contributed by atoms with Crippen molar-refractivity contribution >= 4 is 0 Å². The second-order valence-electron chi connectivity index (χ2n) is 6.27. The molecule has 2 saturated heterocycles. The largest absolute Gasteiger partial charge is 0.378 e. The standard InChI is InChI=1S/C13H26N2O/c1-10(2)15-7-11(6-13(15,3)4)14(5)12-8-16-9-12/h10-12H,6-9H2,1-5H3. The Kier molecular flexibility index (Phi) is 3.30. The summed E-state index contributed by atoms with van der Waals surface area (Å²) in [6.45, 7) is 12.4. The van der Waals surface area contributed by atoms with Crippen LogP contribution in [0.15, 0.2) is 0 Å². The molecule has 0 aromatic carbocycles. The van der Waals surface area contributed by atoms with Gasteiger partial charge in [-0.1, -0.05) is 0 Å². The molecule has 2 aliphatic heterocycles. The average molecular weight is 226 g/mol. The van der Waals surface area contributed by atoms with Gasteiger partial charge >= 0.3 is 0 Å². The molecule has 3 heteroatoms. The van der Waals surface area contributed by atoms with E-state index < -0.39 is 0 Å². The van der Waals surface area contributed by atoms with Gasteiger partial charge in [0.25, 0.3) is 0 Å². The molecule has 0 radical (unpaired) electrons. The van der Waals surface area contributed by atoms with Gasteiger partial charge in [-0.15, -0.1) is 0 Å². The summed E-state index contributed by atoms with van der Waals surface area (Å²) in [5.41, 5.74) is 0.345. The van der Waals surface area contributed by atoms with Crippen molar-refractivity contribution in [2.24, 2.45) is 0 Å². The van der Waals surface area contributed by atoms with E-state index in [9.17, 15) is 0 Å². The average Bonchev–Trinajstić information content (AvgIpc) is 2.38. The summed E-state index contributed by atoms with van der Waals surface area (Å²) >= 11 is 0. The first-order valence-corrected chi connectivity index (χ1v) is 6.48. The van der Waals surface area contributed by atoms with Crippen molar-refractivity contribution in [2.45, 2.75) is 57.8 Å². The van der Waals surface area contributed by atoms with Gasteiger partial charge in [0.1, 0.15) is 0 Å². The Balaban J connectivity index is 1.99. The van der Waals surface area contributed by atoms with E-state index in [1.54, 1.807) is 0 Å². The summed E-state index contributed by atoms with van der Waals surface area (Å²) in [5, 5.41) is 0. The molecular weight excluding hydrogens is 200 g/mol. The molecule has 1 unspecified atom stereocenters. The molecule has 16 heavy (non-hydrogen) atoms. The van der Waals surface area contributed by atoms with Gasteiger partial charge < -0.3 is 4.74 Å². The van der Waals surface area contributed by atoms with Gasteiger partial charge in [0.2, 0.25) is 0 Å². The van der Waals surface area contributed by atoms with E-state index in [1.807, 2.05) is 0 Å². The Morgan fingerprint density at radius 2 is 1.88 bits per heavy atom. The second-order valence-corrected chi connectivity index (χ2v) is 6.27. The van der Waals surface area contributed by atoms with Gasteiger partial charge in [0, 0.05) is 24.2 Å². The summed E-state index contributed by atoms with van der Waals surface area (Å²) in [6.07, 6.45) is 1.28. The van der Waals surface area contributed by atoms with Gasteiger partial charge in [-0.25, -0.2) is 0 Å². The van der Waals surface area contributed by atoms with E-state index in [2.05, 4.69) is 44.5 Å². The summed E-state index contributed by atoms with van der Waals surface area (Å²) < 4.78 is 5.29. The molecular formula is C13H26N2O. The monoisotopic (exact) mass is 226 g/mol. The number of hydrogen-bond acceptors (Lipinski definition) is 3. The van der Waals surface area contributed by atoms with E-state index in [-0.39, 0.29) is 0 Å². The van der Waals surface area contributed by atoms with Gasteiger partial charge in [-0.2, -0.15) is 0 Å². The molecule has 0 saturated carbocycles. The molecule has 2 rings (SSSR count). The molecule has 0 spiro atoms. The van der Waals surface area contributed by atoms with Crippen LogP contribution in [0, 0.1) is 0 Å². The fraction of sp³-hybridized carbons (Fsp3) is 1.00. The maximum Gasteiger partial charge on any atom is 0.0645 e. The van der Waals surface area contributed by atoms with Crippen LogP contribution in [0.5, 0.6) is 0 Å². The van der Waals surface area contributed by atoms with Crippen LogP contribution in [0.3, 0.4) is 0 Å². The lowest BCUT2D eigenvalue weighted by Crippen LogP contribution is -2.52. The number of rotatable bonds is 3. The fourth-order valence-corrected chi connectivity index (χ4v) is 3.17. The molecule has 0 aliphatic carbocycles. The van der Waals surface area contributed by atoms with Crippen molar-refractivity contribution in [3.05, 3.63) is 0 Å². The fourth-order valence-electron chi connectivity index (χ4n) is 3.17. The van der Waals surface area contributed by atoms with Crippen molar-refractivity contribution in [3.63, 3.8) is 0 Å². The first kappa shape index (κ1) is 12.3. The smallest absolute Gasteiger partial charge is 0.0645 e. The van der Waals surface area contributed by atoms with E-state index in [0.717, 1.165) is 13.2 Å². The number of likely N-dealkylation sites (tertiary alicyclic amines) is 1. The topological polar surface area (TPSA) is 15.7 Å². The number of nitrogens with zero attached hydrogens (tertiary/aromatic N) is 2. The first-order chi connectivity index (χ1) is 7.42. The normalized spacial score (nSPS) is 31.3. The minimum absolute atomic E-state index is 0.345. The Hall–Kier alpha value is -0.120. The Morgan fingerprint density at radius 3 is 2.25 bits per heavy atom. The van der Waals surface area contributed by atoms with E-state index in [4.69, 9.17) is 4.74 Å². The lowest BCUT2D eigenvalue weighted by atomic mass is 9.98. The molecule has 2 fully saturated rings. The molecule has 0 amide bonds. The molecule has 0 aromatic rings. The highest BCUT2D eigenvalue weighted by Gasteiger charge is 2.43. The predicted octanol–water partition coefficient (Wildman–Crippen LogP) is 1.58. The molecule has 0 N–H and O–H groups in total. The SMILES string of the molecule is CC(C)N1CC(N(C)C2COC2)CC1(C)C. The van der Waals surface area contributed by atoms with Crippen LogP contribution in [0.25, 0.3) is 0 Å². The molecule has 0 aromatic heterocycles. The Morgan fingerprint density at radius 1 is 1.25 bits per heavy atom. The second kappa shape index (κ2) is 4.28. The third kappa shape index (κ3) is 2.13. The summed E-state index contributed by atoms with van der Waals surface area (Å²) in [5.74, 6) is 0. The minimum atomic E-state index is 0.345. The highest BCUT2D eigenvalue weighted by Crippen LogP contribution is 2.33. The van der Waals surface area contributed by atoms with E-state index >= 15 is 0 Å². The van der Waals surface area contributed by atoms with Crippen molar-refractivity contribution in [1.82, 2.24) is 9.80 Å². The third-order valence-corrected chi connectivity index (χ3v) is 4.32. The van der Waals surface area contributed by atoms with Crippen molar-refractivity contribution < 1.29 is 4.74 Å². The van der Waals surface area contributed by atoms with Gasteiger partial charge in [-0.3, -0.25) is 9.80 Å². The number of ether oxygens (including phenoxy) is 1. The van der Waals surface area contributed by atoms with E-state index in [0.29, 0.717) is 23.7 Å². The van der Waals surface area contributed by atoms with Gasteiger partial charge in [0.05, 0.1) is 19.3 Å². The zero-order valence-corrected chi connectivity index (χ0v) is 11.4. The lowest BCUT2D eigenvalue weighted by Gasteiger charge is -2.38. The molecule has 0 bridgehead atoms. The molecule has 2 heterocycles. The van der Waals surface area contributed by atoms with Crippen LogP contribution in [0.1, 0.15) is 34.1 Å². The maximum atomic E-state index is 5.29. The molecule has 2 aliphatic rings. The van der Waals surface area contributed by atoms with Crippen LogP contribution in [0.4, 0.5) is 0 Å². The predicted molar refractivity (Wildman–Crippen MR) is 66.7 cm³/mol. The van der Waals surface area contributed by atoms with Crippen molar-refractivity contribution in [2.75, 3.05) is 26.8 Å². The number of likely N-dealkylation sites (N-methyl/N-ethyl adjacent to an activating group) is 1. The van der Waals surface area contributed by atoms with Crippen LogP contribution < -0.4 is 0 Å². The van der Waals surface area contributed by atoms with Crippen molar-refractivity contribution in [3.8, 4) is 0 Å². The molecule has 94 valence electrons.